The SMILES string of the molecule is Cc1csc(NC(=O)NCc2cccc(C(=O)O)c2)n1. The highest BCUT2D eigenvalue weighted by Gasteiger charge is 2.06. The number of benzene rings is 1. The minimum Gasteiger partial charge on any atom is -0.478 e. The van der Waals surface area contributed by atoms with Gasteiger partial charge in [0.15, 0.2) is 5.13 Å². The summed E-state index contributed by atoms with van der Waals surface area (Å²) in [5, 5.41) is 16.5. The van der Waals surface area contributed by atoms with E-state index in [4.69, 9.17) is 5.11 Å². The second-order valence-electron chi connectivity index (χ2n) is 4.11. The Bertz CT molecular complexity index is 639. The van der Waals surface area contributed by atoms with E-state index >= 15 is 0 Å². The molecule has 2 aromatic rings. The number of hydrogen-bond donors (Lipinski definition) is 3. The van der Waals surface area contributed by atoms with E-state index in [9.17, 15) is 9.59 Å². The highest BCUT2D eigenvalue weighted by molar-refractivity contribution is 7.13. The van der Waals surface area contributed by atoms with Crippen molar-refractivity contribution < 1.29 is 14.7 Å². The van der Waals surface area contributed by atoms with Gasteiger partial charge < -0.3 is 10.4 Å². The standard InChI is InChI=1S/C13H13N3O3S/c1-8-7-20-13(15-8)16-12(19)14-6-9-3-2-4-10(5-9)11(17)18/h2-5,7H,6H2,1H3,(H,17,18)(H2,14,15,16,19). The molecule has 2 rings (SSSR count). The van der Waals surface area contributed by atoms with Gasteiger partial charge in [-0.15, -0.1) is 11.3 Å². The largest absolute Gasteiger partial charge is 0.478 e. The summed E-state index contributed by atoms with van der Waals surface area (Å²) in [6, 6.07) is 6.04. The average Bonchev–Trinajstić information content (AvgIpc) is 2.82. The molecule has 0 bridgehead atoms. The van der Waals surface area contributed by atoms with Crippen molar-refractivity contribution in [2.75, 3.05) is 5.32 Å². The summed E-state index contributed by atoms with van der Waals surface area (Å²) in [6.07, 6.45) is 0. The van der Waals surface area contributed by atoms with Crippen molar-refractivity contribution in [3.8, 4) is 0 Å². The van der Waals surface area contributed by atoms with Gasteiger partial charge in [-0.1, -0.05) is 12.1 Å². The number of carbonyl (C=O) groups is 2. The number of thiazole rings is 1. The van der Waals surface area contributed by atoms with Crippen LogP contribution in [0.25, 0.3) is 0 Å². The third-order valence-corrected chi connectivity index (χ3v) is 3.34. The molecule has 0 aliphatic rings. The number of anilines is 1. The molecule has 1 aromatic carbocycles. The highest BCUT2D eigenvalue weighted by atomic mass is 32.1. The number of aryl methyl sites for hydroxylation is 1. The first-order valence-corrected chi connectivity index (χ1v) is 6.72. The summed E-state index contributed by atoms with van der Waals surface area (Å²) >= 11 is 1.35. The molecule has 0 unspecified atom stereocenters. The van der Waals surface area contributed by atoms with Crippen LogP contribution in [0.2, 0.25) is 0 Å². The predicted molar refractivity (Wildman–Crippen MR) is 76.1 cm³/mol. The smallest absolute Gasteiger partial charge is 0.335 e. The van der Waals surface area contributed by atoms with Crippen molar-refractivity contribution >= 4 is 28.5 Å². The van der Waals surface area contributed by atoms with E-state index in [-0.39, 0.29) is 18.1 Å². The van der Waals surface area contributed by atoms with Crippen molar-refractivity contribution in [2.45, 2.75) is 13.5 Å². The zero-order valence-corrected chi connectivity index (χ0v) is 11.5. The number of hydrogen-bond acceptors (Lipinski definition) is 4. The number of nitrogens with one attached hydrogen (secondary N) is 2. The first-order chi connectivity index (χ1) is 9.54. The molecule has 0 saturated heterocycles. The number of urea groups is 1. The lowest BCUT2D eigenvalue weighted by atomic mass is 10.1. The van der Waals surface area contributed by atoms with Crippen LogP contribution in [0.5, 0.6) is 0 Å². The lowest BCUT2D eigenvalue weighted by molar-refractivity contribution is 0.0696. The molecule has 0 spiro atoms. The molecule has 1 aromatic heterocycles. The van der Waals surface area contributed by atoms with Gasteiger partial charge in [-0.3, -0.25) is 5.32 Å². The second kappa shape index (κ2) is 6.16. The second-order valence-corrected chi connectivity index (χ2v) is 4.97. The summed E-state index contributed by atoms with van der Waals surface area (Å²) in [6.45, 7) is 2.09. The Hall–Kier alpha value is -2.41. The van der Waals surface area contributed by atoms with Crippen molar-refractivity contribution in [3.05, 3.63) is 46.5 Å². The van der Waals surface area contributed by atoms with Gasteiger partial charge in [0.05, 0.1) is 11.3 Å². The van der Waals surface area contributed by atoms with Gasteiger partial charge in [-0.25, -0.2) is 14.6 Å². The van der Waals surface area contributed by atoms with Crippen molar-refractivity contribution in [3.63, 3.8) is 0 Å². The van der Waals surface area contributed by atoms with Crippen molar-refractivity contribution in [1.82, 2.24) is 10.3 Å². The molecule has 0 aliphatic heterocycles. The first-order valence-electron chi connectivity index (χ1n) is 5.84. The van der Waals surface area contributed by atoms with E-state index in [0.29, 0.717) is 5.13 Å². The third kappa shape index (κ3) is 3.79. The van der Waals surface area contributed by atoms with Crippen LogP contribution in [0.3, 0.4) is 0 Å². The number of rotatable bonds is 4. The molecular formula is C13H13N3O3S. The van der Waals surface area contributed by atoms with Crippen molar-refractivity contribution in [2.24, 2.45) is 0 Å². The quantitative estimate of drug-likeness (QED) is 0.807. The molecule has 20 heavy (non-hydrogen) atoms. The molecule has 0 aliphatic carbocycles. The summed E-state index contributed by atoms with van der Waals surface area (Å²) in [4.78, 5) is 26.6. The Labute approximate surface area is 119 Å². The van der Waals surface area contributed by atoms with Gasteiger partial charge in [0.25, 0.3) is 0 Å². The van der Waals surface area contributed by atoms with Crippen LogP contribution in [-0.4, -0.2) is 22.1 Å². The number of amides is 2. The molecule has 0 atom stereocenters. The number of aromatic nitrogens is 1. The normalized spacial score (nSPS) is 10.1. The Morgan fingerprint density at radius 2 is 2.20 bits per heavy atom. The Morgan fingerprint density at radius 3 is 2.85 bits per heavy atom. The number of carboxylic acid groups (broad SMARTS) is 1. The van der Waals surface area contributed by atoms with Gasteiger partial charge in [0.2, 0.25) is 0 Å². The Morgan fingerprint density at radius 1 is 1.40 bits per heavy atom. The summed E-state index contributed by atoms with van der Waals surface area (Å²) in [7, 11) is 0. The molecule has 6 nitrogen and oxygen atoms in total. The minimum absolute atomic E-state index is 0.195. The fraction of sp³-hybridized carbons (Fsp3) is 0.154. The summed E-state index contributed by atoms with van der Waals surface area (Å²) < 4.78 is 0. The molecule has 7 heteroatoms. The van der Waals surface area contributed by atoms with Gasteiger partial charge in [0.1, 0.15) is 0 Å². The number of carboxylic acids is 1. The maximum Gasteiger partial charge on any atom is 0.335 e. The van der Waals surface area contributed by atoms with E-state index in [0.717, 1.165) is 11.3 Å². The van der Waals surface area contributed by atoms with Crippen LogP contribution in [0.15, 0.2) is 29.6 Å². The molecule has 0 radical (unpaired) electrons. The van der Waals surface area contributed by atoms with Crippen LogP contribution < -0.4 is 10.6 Å². The van der Waals surface area contributed by atoms with Crippen molar-refractivity contribution in [1.29, 1.82) is 0 Å². The van der Waals surface area contributed by atoms with Crippen LogP contribution in [0.4, 0.5) is 9.93 Å². The van der Waals surface area contributed by atoms with E-state index in [1.54, 1.807) is 12.1 Å². The average molecular weight is 291 g/mol. The topological polar surface area (TPSA) is 91.3 Å². The molecule has 2 amide bonds. The van der Waals surface area contributed by atoms with Crippen LogP contribution in [-0.2, 0) is 6.54 Å². The zero-order valence-electron chi connectivity index (χ0n) is 10.7. The van der Waals surface area contributed by atoms with E-state index < -0.39 is 5.97 Å². The lowest BCUT2D eigenvalue weighted by Gasteiger charge is -2.06. The van der Waals surface area contributed by atoms with E-state index in [2.05, 4.69) is 15.6 Å². The van der Waals surface area contributed by atoms with Crippen LogP contribution in [0.1, 0.15) is 21.6 Å². The maximum absolute atomic E-state index is 11.6. The number of carbonyl (C=O) groups excluding carboxylic acids is 1. The maximum atomic E-state index is 11.6. The lowest BCUT2D eigenvalue weighted by Crippen LogP contribution is -2.28. The molecule has 0 saturated carbocycles. The Kier molecular flexibility index (Phi) is 4.31. The molecule has 3 N–H and O–H groups in total. The van der Waals surface area contributed by atoms with E-state index in [1.165, 1.54) is 23.5 Å². The van der Waals surface area contributed by atoms with Gasteiger partial charge in [0, 0.05) is 11.9 Å². The molecule has 104 valence electrons. The third-order valence-electron chi connectivity index (χ3n) is 2.47. The number of aromatic carboxylic acids is 1. The zero-order chi connectivity index (χ0) is 14.5. The predicted octanol–water partition coefficient (Wildman–Crippen LogP) is 2.47. The Balaban J connectivity index is 1.90. The highest BCUT2D eigenvalue weighted by Crippen LogP contribution is 2.14. The summed E-state index contributed by atoms with van der Waals surface area (Å²) in [5.41, 5.74) is 1.76. The molecule has 1 heterocycles. The van der Waals surface area contributed by atoms with Crippen LogP contribution >= 0.6 is 11.3 Å². The van der Waals surface area contributed by atoms with Gasteiger partial charge in [-0.05, 0) is 24.6 Å². The summed E-state index contributed by atoms with van der Waals surface area (Å²) in [5.74, 6) is -0.991. The fourth-order valence-corrected chi connectivity index (χ4v) is 2.23. The van der Waals surface area contributed by atoms with Gasteiger partial charge >= 0.3 is 12.0 Å². The molecule has 0 fully saturated rings. The van der Waals surface area contributed by atoms with Crippen LogP contribution in [0, 0.1) is 6.92 Å². The minimum atomic E-state index is -0.991. The number of nitrogens with zero attached hydrogens (tertiary/aromatic N) is 1. The first kappa shape index (κ1) is 14.0. The van der Waals surface area contributed by atoms with Gasteiger partial charge in [-0.2, -0.15) is 0 Å². The van der Waals surface area contributed by atoms with E-state index in [1.807, 2.05) is 12.3 Å². The molecular weight excluding hydrogens is 278 g/mol. The monoisotopic (exact) mass is 291 g/mol. The fourth-order valence-electron chi connectivity index (χ4n) is 1.55.